The second-order valence-corrected chi connectivity index (χ2v) is 7.16. The molecule has 0 radical (unpaired) electrons. The molecule has 88 valence electrons. The van der Waals surface area contributed by atoms with Crippen molar-refractivity contribution in [3.63, 3.8) is 0 Å². The number of rotatable bonds is 1. The molecule has 0 aromatic rings. The summed E-state index contributed by atoms with van der Waals surface area (Å²) in [4.78, 5) is 0. The molecule has 0 spiro atoms. The maximum absolute atomic E-state index is 11.7. The molecule has 0 aromatic heterocycles. The van der Waals surface area contributed by atoms with Crippen molar-refractivity contribution in [3.05, 3.63) is 0 Å². The normalized spacial score (nSPS) is 33.5. The first-order chi connectivity index (χ1) is 7.17. The molecule has 1 unspecified atom stereocenters. The van der Waals surface area contributed by atoms with Gasteiger partial charge in [-0.05, 0) is 31.7 Å². The second kappa shape index (κ2) is 4.83. The maximum Gasteiger partial charge on any atom is 0.151 e. The Hall–Kier alpha value is -0.0900. The first kappa shape index (κ1) is 11.4. The van der Waals surface area contributed by atoms with Gasteiger partial charge in [-0.25, -0.2) is 8.42 Å². The highest BCUT2D eigenvalue weighted by molar-refractivity contribution is 7.91. The van der Waals surface area contributed by atoms with Gasteiger partial charge in [0.15, 0.2) is 9.84 Å². The minimum absolute atomic E-state index is 0.234. The summed E-state index contributed by atoms with van der Waals surface area (Å²) in [6, 6.07) is 0.234. The van der Waals surface area contributed by atoms with Crippen molar-refractivity contribution in [2.24, 2.45) is 5.92 Å². The van der Waals surface area contributed by atoms with Gasteiger partial charge in [-0.3, -0.25) is 0 Å². The van der Waals surface area contributed by atoms with E-state index < -0.39 is 9.84 Å². The number of hydrogen-bond donors (Lipinski definition) is 1. The van der Waals surface area contributed by atoms with Crippen molar-refractivity contribution in [3.8, 4) is 0 Å². The summed E-state index contributed by atoms with van der Waals surface area (Å²) in [5.74, 6) is 1.35. The molecule has 1 atom stereocenters. The predicted molar refractivity (Wildman–Crippen MR) is 61.6 cm³/mol. The van der Waals surface area contributed by atoms with E-state index in [1.165, 1.54) is 32.1 Å². The van der Waals surface area contributed by atoms with Gasteiger partial charge in [0.25, 0.3) is 0 Å². The molecule has 0 amide bonds. The van der Waals surface area contributed by atoms with Gasteiger partial charge >= 0.3 is 0 Å². The van der Waals surface area contributed by atoms with Crippen LogP contribution in [0.3, 0.4) is 0 Å². The van der Waals surface area contributed by atoms with Crippen LogP contribution < -0.4 is 5.32 Å². The Morgan fingerprint density at radius 3 is 2.47 bits per heavy atom. The zero-order valence-corrected chi connectivity index (χ0v) is 10.1. The molecule has 1 aliphatic carbocycles. The van der Waals surface area contributed by atoms with E-state index in [2.05, 4.69) is 5.32 Å². The van der Waals surface area contributed by atoms with E-state index in [0.29, 0.717) is 17.4 Å². The quantitative estimate of drug-likeness (QED) is 0.741. The van der Waals surface area contributed by atoms with Crippen LogP contribution in [0.5, 0.6) is 0 Å². The van der Waals surface area contributed by atoms with Crippen molar-refractivity contribution in [2.75, 3.05) is 18.1 Å². The van der Waals surface area contributed by atoms with Crippen molar-refractivity contribution in [1.29, 1.82) is 0 Å². The van der Waals surface area contributed by atoms with E-state index in [1.54, 1.807) is 0 Å². The molecule has 1 N–H and O–H groups in total. The van der Waals surface area contributed by atoms with E-state index >= 15 is 0 Å². The second-order valence-electron chi connectivity index (χ2n) is 4.93. The molecule has 1 saturated heterocycles. The number of hydrogen-bond acceptors (Lipinski definition) is 3. The van der Waals surface area contributed by atoms with E-state index in [9.17, 15) is 8.42 Å². The molecule has 15 heavy (non-hydrogen) atoms. The lowest BCUT2D eigenvalue weighted by Gasteiger charge is -2.29. The topological polar surface area (TPSA) is 46.2 Å². The Kier molecular flexibility index (Phi) is 3.67. The van der Waals surface area contributed by atoms with Crippen LogP contribution in [0.25, 0.3) is 0 Å². The summed E-state index contributed by atoms with van der Waals surface area (Å²) in [7, 11) is -2.78. The van der Waals surface area contributed by atoms with Crippen LogP contribution in [0.2, 0.25) is 0 Å². The molecule has 1 saturated carbocycles. The van der Waals surface area contributed by atoms with Gasteiger partial charge in [-0.2, -0.15) is 0 Å². The molecule has 0 aromatic carbocycles. The molecule has 2 fully saturated rings. The average Bonchev–Trinajstić information content (AvgIpc) is 2.41. The Morgan fingerprint density at radius 2 is 1.73 bits per heavy atom. The predicted octanol–water partition coefficient (Wildman–Crippen LogP) is 1.34. The molecular formula is C11H21NO2S. The lowest BCUT2D eigenvalue weighted by atomic mass is 9.84. The van der Waals surface area contributed by atoms with Crippen molar-refractivity contribution in [1.82, 2.24) is 5.32 Å². The smallest absolute Gasteiger partial charge is 0.151 e. The molecule has 2 aliphatic rings. The van der Waals surface area contributed by atoms with E-state index in [0.717, 1.165) is 13.0 Å². The van der Waals surface area contributed by atoms with Crippen LogP contribution in [0, 0.1) is 5.92 Å². The lowest BCUT2D eigenvalue weighted by Crippen LogP contribution is -2.40. The summed E-state index contributed by atoms with van der Waals surface area (Å²) in [6.45, 7) is 0.875. The molecule has 1 heterocycles. The Balaban J connectivity index is 2.00. The third kappa shape index (κ3) is 3.18. The Bertz CT molecular complexity index is 294. The highest BCUT2D eigenvalue weighted by atomic mass is 32.2. The molecule has 4 heteroatoms. The number of nitrogens with one attached hydrogen (secondary N) is 1. The van der Waals surface area contributed by atoms with Crippen LogP contribution in [0.15, 0.2) is 0 Å². The fraction of sp³-hybridized carbons (Fsp3) is 1.00. The van der Waals surface area contributed by atoms with E-state index in [4.69, 9.17) is 0 Å². The van der Waals surface area contributed by atoms with Crippen LogP contribution in [-0.2, 0) is 9.84 Å². The van der Waals surface area contributed by atoms with E-state index in [-0.39, 0.29) is 6.04 Å². The zero-order valence-electron chi connectivity index (χ0n) is 9.24. The summed E-state index contributed by atoms with van der Waals surface area (Å²) in [5, 5.41) is 3.43. The standard InChI is InChI=1S/C11H21NO2S/c13-15(14)8-4-7-12-11(9-15)10-5-2-1-3-6-10/h10-12H,1-9H2. The van der Waals surface area contributed by atoms with Gasteiger partial charge in [0, 0.05) is 6.04 Å². The minimum Gasteiger partial charge on any atom is -0.313 e. The number of sulfone groups is 1. The molecule has 2 rings (SSSR count). The van der Waals surface area contributed by atoms with Gasteiger partial charge in [-0.15, -0.1) is 0 Å². The fourth-order valence-corrected chi connectivity index (χ4v) is 4.52. The summed E-state index contributed by atoms with van der Waals surface area (Å²) < 4.78 is 23.4. The van der Waals surface area contributed by atoms with Crippen LogP contribution >= 0.6 is 0 Å². The molecule has 0 bridgehead atoms. The average molecular weight is 231 g/mol. The van der Waals surface area contributed by atoms with E-state index in [1.807, 2.05) is 0 Å². The summed E-state index contributed by atoms with van der Waals surface area (Å²) in [6.07, 6.45) is 7.10. The zero-order chi connectivity index (χ0) is 10.7. The first-order valence-electron chi connectivity index (χ1n) is 6.11. The third-order valence-corrected chi connectivity index (χ3v) is 5.47. The first-order valence-corrected chi connectivity index (χ1v) is 7.93. The van der Waals surface area contributed by atoms with Crippen LogP contribution in [-0.4, -0.2) is 32.5 Å². The molecule has 1 aliphatic heterocycles. The SMILES string of the molecule is O=S1(=O)CCCNC(C2CCCCC2)C1. The lowest BCUT2D eigenvalue weighted by molar-refractivity contribution is 0.286. The third-order valence-electron chi connectivity index (χ3n) is 3.69. The maximum atomic E-state index is 11.7. The van der Waals surface area contributed by atoms with Crippen LogP contribution in [0.4, 0.5) is 0 Å². The van der Waals surface area contributed by atoms with Crippen LogP contribution in [0.1, 0.15) is 38.5 Å². The van der Waals surface area contributed by atoms with Gasteiger partial charge in [-0.1, -0.05) is 19.3 Å². The monoisotopic (exact) mass is 231 g/mol. The summed E-state index contributed by atoms with van der Waals surface area (Å²) in [5.41, 5.74) is 0. The van der Waals surface area contributed by atoms with Gasteiger partial charge in [0.05, 0.1) is 11.5 Å². The minimum atomic E-state index is -2.78. The van der Waals surface area contributed by atoms with Crippen molar-refractivity contribution < 1.29 is 8.42 Å². The largest absolute Gasteiger partial charge is 0.313 e. The fourth-order valence-electron chi connectivity index (χ4n) is 2.83. The summed E-state index contributed by atoms with van der Waals surface area (Å²) >= 11 is 0. The van der Waals surface area contributed by atoms with Crippen molar-refractivity contribution in [2.45, 2.75) is 44.6 Å². The van der Waals surface area contributed by atoms with Gasteiger partial charge < -0.3 is 5.32 Å². The Labute approximate surface area is 92.6 Å². The highest BCUT2D eigenvalue weighted by Gasteiger charge is 2.29. The van der Waals surface area contributed by atoms with Gasteiger partial charge in [0.2, 0.25) is 0 Å². The van der Waals surface area contributed by atoms with Gasteiger partial charge in [0.1, 0.15) is 0 Å². The van der Waals surface area contributed by atoms with Crippen molar-refractivity contribution >= 4 is 9.84 Å². The molecule has 3 nitrogen and oxygen atoms in total. The Morgan fingerprint density at radius 1 is 1.00 bits per heavy atom. The molecular weight excluding hydrogens is 210 g/mol. The highest BCUT2D eigenvalue weighted by Crippen LogP contribution is 2.27.